The molecule has 1 aromatic carbocycles. The van der Waals surface area contributed by atoms with E-state index in [2.05, 4.69) is 20.7 Å². The van der Waals surface area contributed by atoms with Crippen LogP contribution >= 0.6 is 27.3 Å². The van der Waals surface area contributed by atoms with Gasteiger partial charge in [0.1, 0.15) is 4.21 Å². The number of aliphatic hydroxyl groups is 1. The van der Waals surface area contributed by atoms with Gasteiger partial charge in [0.25, 0.3) is 10.0 Å². The van der Waals surface area contributed by atoms with Crippen molar-refractivity contribution in [1.82, 2.24) is 0 Å². The van der Waals surface area contributed by atoms with Crippen LogP contribution in [0.1, 0.15) is 16.0 Å². The lowest BCUT2D eigenvalue weighted by Crippen LogP contribution is -2.12. The Bertz CT molecular complexity index is 738. The molecule has 1 heterocycles. The zero-order chi connectivity index (χ0) is 14.9. The Morgan fingerprint density at radius 1 is 1.30 bits per heavy atom. The number of anilines is 1. The molecule has 0 radical (unpaired) electrons. The van der Waals surface area contributed by atoms with E-state index in [0.717, 1.165) is 26.9 Å². The van der Waals surface area contributed by atoms with Crippen molar-refractivity contribution in [3.8, 4) is 0 Å². The standard InChI is InChI=1S/C13H14BrNO3S2/c1-8-4-3-5-10(13(8)14)15-20(17,18)12-6-9(2)11(7-16)19-12/h3-6,15-16H,7H2,1-2H3. The SMILES string of the molecule is Cc1cc(S(=O)(=O)Nc2cccc(C)c2Br)sc1CO. The van der Waals surface area contributed by atoms with Crippen LogP contribution in [0.5, 0.6) is 0 Å². The molecule has 2 rings (SSSR count). The summed E-state index contributed by atoms with van der Waals surface area (Å²) in [5.74, 6) is 0. The van der Waals surface area contributed by atoms with Gasteiger partial charge in [-0.05, 0) is 53.0 Å². The van der Waals surface area contributed by atoms with E-state index in [-0.39, 0.29) is 10.8 Å². The van der Waals surface area contributed by atoms with E-state index in [1.165, 1.54) is 0 Å². The summed E-state index contributed by atoms with van der Waals surface area (Å²) in [6.45, 7) is 3.52. The van der Waals surface area contributed by atoms with Crippen LogP contribution in [0, 0.1) is 13.8 Å². The van der Waals surface area contributed by atoms with E-state index in [0.29, 0.717) is 10.6 Å². The molecule has 0 amide bonds. The van der Waals surface area contributed by atoms with Crippen LogP contribution in [-0.4, -0.2) is 13.5 Å². The van der Waals surface area contributed by atoms with Gasteiger partial charge >= 0.3 is 0 Å². The Hall–Kier alpha value is -0.890. The lowest BCUT2D eigenvalue weighted by atomic mass is 10.2. The van der Waals surface area contributed by atoms with Crippen LogP contribution in [-0.2, 0) is 16.6 Å². The molecule has 0 saturated carbocycles. The van der Waals surface area contributed by atoms with Gasteiger partial charge in [-0.3, -0.25) is 4.72 Å². The van der Waals surface area contributed by atoms with Crippen LogP contribution in [0.2, 0.25) is 0 Å². The van der Waals surface area contributed by atoms with Crippen LogP contribution in [0.25, 0.3) is 0 Å². The summed E-state index contributed by atoms with van der Waals surface area (Å²) >= 11 is 4.46. The van der Waals surface area contributed by atoms with Gasteiger partial charge < -0.3 is 5.11 Å². The van der Waals surface area contributed by atoms with Crippen molar-refractivity contribution < 1.29 is 13.5 Å². The molecule has 2 aromatic rings. The average molecular weight is 376 g/mol. The van der Waals surface area contributed by atoms with Crippen molar-refractivity contribution in [1.29, 1.82) is 0 Å². The van der Waals surface area contributed by atoms with E-state index in [4.69, 9.17) is 5.11 Å². The number of aliphatic hydroxyl groups excluding tert-OH is 1. The number of nitrogens with one attached hydrogen (secondary N) is 1. The van der Waals surface area contributed by atoms with Gasteiger partial charge in [-0.15, -0.1) is 11.3 Å². The fourth-order valence-corrected chi connectivity index (χ4v) is 4.71. The quantitative estimate of drug-likeness (QED) is 0.859. The molecule has 0 bridgehead atoms. The zero-order valence-corrected chi connectivity index (χ0v) is 14.2. The van der Waals surface area contributed by atoms with E-state index in [1.807, 2.05) is 13.0 Å². The highest BCUT2D eigenvalue weighted by atomic mass is 79.9. The highest BCUT2D eigenvalue weighted by Crippen LogP contribution is 2.31. The molecule has 0 aliphatic rings. The topological polar surface area (TPSA) is 66.4 Å². The number of benzene rings is 1. The second-order valence-electron chi connectivity index (χ2n) is 4.37. The number of hydrogen-bond donors (Lipinski definition) is 2. The molecule has 0 aliphatic carbocycles. The van der Waals surface area contributed by atoms with Crippen molar-refractivity contribution in [2.75, 3.05) is 4.72 Å². The predicted octanol–water partition coefficient (Wildman–Crippen LogP) is 3.42. The van der Waals surface area contributed by atoms with E-state index < -0.39 is 10.0 Å². The number of rotatable bonds is 4. The Kier molecular flexibility index (Phi) is 4.53. The molecule has 2 N–H and O–H groups in total. The molecule has 108 valence electrons. The number of thiophene rings is 1. The summed E-state index contributed by atoms with van der Waals surface area (Å²) in [5, 5.41) is 9.16. The van der Waals surface area contributed by atoms with Crippen molar-refractivity contribution >= 4 is 43.0 Å². The number of sulfonamides is 1. The Morgan fingerprint density at radius 2 is 2.00 bits per heavy atom. The minimum atomic E-state index is -3.64. The van der Waals surface area contributed by atoms with Crippen molar-refractivity contribution in [3.63, 3.8) is 0 Å². The van der Waals surface area contributed by atoms with Crippen LogP contribution < -0.4 is 4.72 Å². The van der Waals surface area contributed by atoms with Crippen LogP contribution in [0.4, 0.5) is 5.69 Å². The van der Waals surface area contributed by atoms with Gasteiger partial charge in [-0.1, -0.05) is 12.1 Å². The lowest BCUT2D eigenvalue weighted by Gasteiger charge is -2.09. The molecule has 20 heavy (non-hydrogen) atoms. The molecule has 0 atom stereocenters. The first-order valence-electron chi connectivity index (χ1n) is 5.83. The van der Waals surface area contributed by atoms with E-state index in [9.17, 15) is 8.42 Å². The predicted molar refractivity (Wildman–Crippen MR) is 84.7 cm³/mol. The summed E-state index contributed by atoms with van der Waals surface area (Å²) < 4.78 is 28.2. The molecule has 0 fully saturated rings. The second kappa shape index (κ2) is 5.85. The van der Waals surface area contributed by atoms with Crippen molar-refractivity contribution in [2.24, 2.45) is 0 Å². The average Bonchev–Trinajstić information content (AvgIpc) is 2.77. The van der Waals surface area contributed by atoms with Crippen LogP contribution in [0.15, 0.2) is 32.9 Å². The third kappa shape index (κ3) is 3.06. The Morgan fingerprint density at radius 3 is 2.60 bits per heavy atom. The molecular weight excluding hydrogens is 362 g/mol. The highest BCUT2D eigenvalue weighted by Gasteiger charge is 2.20. The fraction of sp³-hybridized carbons (Fsp3) is 0.231. The van der Waals surface area contributed by atoms with Crippen molar-refractivity contribution in [3.05, 3.63) is 44.7 Å². The maximum absolute atomic E-state index is 12.3. The normalized spacial score (nSPS) is 11.6. The van der Waals surface area contributed by atoms with Gasteiger partial charge in [0.05, 0.1) is 12.3 Å². The lowest BCUT2D eigenvalue weighted by molar-refractivity contribution is 0.285. The maximum Gasteiger partial charge on any atom is 0.271 e. The summed E-state index contributed by atoms with van der Waals surface area (Å²) in [4.78, 5) is 0.661. The fourth-order valence-electron chi connectivity index (χ4n) is 1.70. The highest BCUT2D eigenvalue weighted by molar-refractivity contribution is 9.10. The van der Waals surface area contributed by atoms with Gasteiger partial charge in [-0.2, -0.15) is 0 Å². The number of aryl methyl sites for hydroxylation is 2. The molecular formula is C13H14BrNO3S2. The van der Waals surface area contributed by atoms with Gasteiger partial charge in [0.2, 0.25) is 0 Å². The Labute approximate surface area is 130 Å². The third-order valence-corrected chi connectivity index (χ3v) is 6.96. The van der Waals surface area contributed by atoms with E-state index >= 15 is 0 Å². The number of hydrogen-bond acceptors (Lipinski definition) is 4. The largest absolute Gasteiger partial charge is 0.391 e. The van der Waals surface area contributed by atoms with Crippen LogP contribution in [0.3, 0.4) is 0 Å². The van der Waals surface area contributed by atoms with Crippen molar-refractivity contribution in [2.45, 2.75) is 24.7 Å². The minimum Gasteiger partial charge on any atom is -0.391 e. The summed E-state index contributed by atoms with van der Waals surface area (Å²) in [7, 11) is -3.64. The molecule has 0 aliphatic heterocycles. The maximum atomic E-state index is 12.3. The van der Waals surface area contributed by atoms with Gasteiger partial charge in [0, 0.05) is 9.35 Å². The first-order valence-corrected chi connectivity index (χ1v) is 8.92. The third-order valence-electron chi connectivity index (χ3n) is 2.84. The molecule has 4 nitrogen and oxygen atoms in total. The molecule has 0 saturated heterocycles. The van der Waals surface area contributed by atoms with Gasteiger partial charge in [-0.25, -0.2) is 8.42 Å². The summed E-state index contributed by atoms with van der Waals surface area (Å²) in [6.07, 6.45) is 0. The Balaban J connectivity index is 2.38. The summed E-state index contributed by atoms with van der Waals surface area (Å²) in [6, 6.07) is 6.95. The molecule has 1 aromatic heterocycles. The minimum absolute atomic E-state index is 0.153. The van der Waals surface area contributed by atoms with E-state index in [1.54, 1.807) is 25.1 Å². The summed E-state index contributed by atoms with van der Waals surface area (Å²) in [5.41, 5.74) is 2.23. The number of halogens is 1. The molecule has 0 spiro atoms. The zero-order valence-electron chi connectivity index (χ0n) is 11.0. The monoisotopic (exact) mass is 375 g/mol. The first-order chi connectivity index (χ1) is 9.35. The first kappa shape index (κ1) is 15.5. The van der Waals surface area contributed by atoms with Gasteiger partial charge in [0.15, 0.2) is 0 Å². The molecule has 7 heteroatoms. The smallest absolute Gasteiger partial charge is 0.271 e. The second-order valence-corrected chi connectivity index (χ2v) is 8.21. The molecule has 0 unspecified atom stereocenters.